The second-order valence-corrected chi connectivity index (χ2v) is 29.3. The summed E-state index contributed by atoms with van der Waals surface area (Å²) in [7, 11) is -2.88. The highest BCUT2D eigenvalue weighted by Crippen LogP contribution is 2.42. The Kier molecular flexibility index (Phi) is 10.7. The molecule has 0 spiro atoms. The van der Waals surface area contributed by atoms with Crippen molar-refractivity contribution in [2.24, 2.45) is 0 Å². The molecule has 312 valence electrons. The molecule has 10 aromatic rings. The van der Waals surface area contributed by atoms with E-state index in [4.69, 9.17) is 0 Å². The molecule has 10 rings (SSSR count). The average Bonchev–Trinajstić information content (AvgIpc) is 3.31. The summed E-state index contributed by atoms with van der Waals surface area (Å²) in [5.41, 5.74) is 9.33. The highest BCUT2D eigenvalue weighted by molar-refractivity contribution is 6.89. The minimum absolute atomic E-state index is 1.15. The molecule has 2 nitrogen and oxygen atoms in total. The van der Waals surface area contributed by atoms with Crippen LogP contribution in [0, 0.1) is 0 Å². The maximum absolute atomic E-state index is 2.42. The minimum atomic E-state index is -1.44. The summed E-state index contributed by atoms with van der Waals surface area (Å²) in [4.78, 5) is 4.83. The van der Waals surface area contributed by atoms with Crippen LogP contribution in [-0.2, 0) is 0 Å². The minimum Gasteiger partial charge on any atom is -0.310 e. The zero-order chi connectivity index (χ0) is 44.0. The molecule has 0 fully saturated rings. The normalized spacial score (nSPS) is 12.2. The van der Waals surface area contributed by atoms with Crippen LogP contribution < -0.4 is 20.2 Å². The molecule has 0 aliphatic carbocycles. The number of nitrogens with zero attached hydrogens (tertiary/aromatic N) is 2. The van der Waals surface area contributed by atoms with E-state index in [0.717, 1.165) is 22.7 Å². The molecule has 0 unspecified atom stereocenters. The van der Waals surface area contributed by atoms with Crippen molar-refractivity contribution in [2.45, 2.75) is 39.3 Å². The molecule has 0 bridgehead atoms. The largest absolute Gasteiger partial charge is 0.310 e. The molecule has 0 aliphatic rings. The standard InChI is InChI=1S/C60H54N2Si2/c1-63(2,3)55-35-31-51(32-36-55)61(59-19-11-15-45-13-7-9-17-57(45)59)53-29-27-47-39-43(23-25-49(47)41-53)21-22-44-24-26-50-42-54(30-28-48(50)40-44)62(52-33-37-56(38-34-52)64(4,5)6)60-20-12-16-46-14-8-10-18-58(46)60/h7-42H,1-6H3/b22-21+. The summed E-state index contributed by atoms with van der Waals surface area (Å²) < 4.78 is 0. The van der Waals surface area contributed by atoms with Crippen LogP contribution in [-0.4, -0.2) is 16.1 Å². The summed E-state index contributed by atoms with van der Waals surface area (Å²) in [6, 6.07) is 76.5. The Morgan fingerprint density at radius 1 is 0.297 bits per heavy atom. The van der Waals surface area contributed by atoms with Gasteiger partial charge in [-0.25, -0.2) is 0 Å². The van der Waals surface area contributed by atoms with Gasteiger partial charge in [0.1, 0.15) is 0 Å². The van der Waals surface area contributed by atoms with Crippen molar-refractivity contribution in [2.75, 3.05) is 9.80 Å². The summed E-state index contributed by atoms with van der Waals surface area (Å²) in [6.45, 7) is 14.4. The van der Waals surface area contributed by atoms with E-state index in [-0.39, 0.29) is 0 Å². The van der Waals surface area contributed by atoms with Crippen molar-refractivity contribution in [3.63, 3.8) is 0 Å². The first-order chi connectivity index (χ1) is 31.0. The lowest BCUT2D eigenvalue weighted by Gasteiger charge is -2.28. The van der Waals surface area contributed by atoms with Gasteiger partial charge in [0.05, 0.1) is 27.5 Å². The van der Waals surface area contributed by atoms with Gasteiger partial charge in [-0.05, 0) is 116 Å². The Labute approximate surface area is 380 Å². The smallest absolute Gasteiger partial charge is 0.0775 e. The Bertz CT molecular complexity index is 3120. The molecule has 0 heterocycles. The molecule has 0 aromatic heterocycles. The molecule has 0 amide bonds. The van der Waals surface area contributed by atoms with E-state index in [0.29, 0.717) is 0 Å². The van der Waals surface area contributed by atoms with E-state index >= 15 is 0 Å². The Hall–Kier alpha value is -6.99. The van der Waals surface area contributed by atoms with Crippen LogP contribution in [0.4, 0.5) is 34.1 Å². The van der Waals surface area contributed by atoms with E-state index in [1.807, 2.05) is 0 Å². The molecule has 0 saturated heterocycles. The van der Waals surface area contributed by atoms with Crippen LogP contribution >= 0.6 is 0 Å². The number of rotatable bonds is 10. The van der Waals surface area contributed by atoms with E-state index in [1.165, 1.54) is 76.0 Å². The van der Waals surface area contributed by atoms with Gasteiger partial charge in [0.25, 0.3) is 0 Å². The number of benzene rings is 10. The molecule has 0 N–H and O–H groups in total. The fourth-order valence-electron chi connectivity index (χ4n) is 9.06. The maximum Gasteiger partial charge on any atom is 0.0775 e. The molecule has 0 saturated carbocycles. The van der Waals surface area contributed by atoms with Crippen molar-refractivity contribution in [3.05, 3.63) is 217 Å². The fourth-order valence-corrected chi connectivity index (χ4v) is 11.4. The van der Waals surface area contributed by atoms with Gasteiger partial charge in [-0.3, -0.25) is 0 Å². The molecule has 0 atom stereocenters. The lowest BCUT2D eigenvalue weighted by atomic mass is 10.0. The molecule has 4 heteroatoms. The van der Waals surface area contributed by atoms with E-state index in [2.05, 4.69) is 267 Å². The number of fused-ring (bicyclic) bond motifs is 4. The third-order valence-corrected chi connectivity index (χ3v) is 16.8. The van der Waals surface area contributed by atoms with Crippen LogP contribution in [0.3, 0.4) is 0 Å². The highest BCUT2D eigenvalue weighted by Gasteiger charge is 2.21. The molecule has 0 radical (unpaired) electrons. The van der Waals surface area contributed by atoms with Gasteiger partial charge in [0.2, 0.25) is 0 Å². The third kappa shape index (κ3) is 8.19. The summed E-state index contributed by atoms with van der Waals surface area (Å²) in [6.07, 6.45) is 4.47. The quantitative estimate of drug-likeness (QED) is 0.0999. The van der Waals surface area contributed by atoms with Crippen LogP contribution in [0.5, 0.6) is 0 Å². The number of anilines is 6. The topological polar surface area (TPSA) is 6.48 Å². The summed E-state index contributed by atoms with van der Waals surface area (Å²) in [5.74, 6) is 0. The second-order valence-electron chi connectivity index (χ2n) is 19.2. The van der Waals surface area contributed by atoms with Gasteiger partial charge in [0.15, 0.2) is 0 Å². The number of hydrogen-bond acceptors (Lipinski definition) is 2. The van der Waals surface area contributed by atoms with Crippen molar-refractivity contribution < 1.29 is 0 Å². The lowest BCUT2D eigenvalue weighted by molar-refractivity contribution is 1.30. The van der Waals surface area contributed by atoms with Crippen molar-refractivity contribution >= 4 is 116 Å². The first-order valence-corrected chi connectivity index (χ1v) is 29.5. The second kappa shape index (κ2) is 16.6. The van der Waals surface area contributed by atoms with Crippen molar-refractivity contribution in [1.82, 2.24) is 0 Å². The summed E-state index contributed by atoms with van der Waals surface area (Å²) >= 11 is 0. The first kappa shape index (κ1) is 41.0. The molecular formula is C60H54N2Si2. The molecule has 0 aliphatic heterocycles. The zero-order valence-electron chi connectivity index (χ0n) is 37.7. The van der Waals surface area contributed by atoms with Crippen molar-refractivity contribution in [3.8, 4) is 0 Å². The molecule has 10 aromatic carbocycles. The van der Waals surface area contributed by atoms with Gasteiger partial charge in [-0.2, -0.15) is 0 Å². The SMILES string of the molecule is C[Si](C)(C)c1ccc(N(c2ccc3cc(/C=C/c4ccc5cc(N(c6ccc([Si](C)(C)C)cc6)c6cccc7ccccc67)ccc5c4)ccc3c2)c2cccc3ccccc23)cc1. The van der Waals surface area contributed by atoms with Gasteiger partial charge in [-0.1, -0.05) is 195 Å². The van der Waals surface area contributed by atoms with E-state index < -0.39 is 16.1 Å². The van der Waals surface area contributed by atoms with Gasteiger partial charge < -0.3 is 9.80 Å². The summed E-state index contributed by atoms with van der Waals surface area (Å²) in [5, 5.41) is 12.7. The van der Waals surface area contributed by atoms with E-state index in [9.17, 15) is 0 Å². The third-order valence-electron chi connectivity index (χ3n) is 12.7. The van der Waals surface area contributed by atoms with Gasteiger partial charge >= 0.3 is 0 Å². The Balaban J connectivity index is 0.949. The van der Waals surface area contributed by atoms with Crippen LogP contribution in [0.2, 0.25) is 39.3 Å². The van der Waals surface area contributed by atoms with Crippen LogP contribution in [0.1, 0.15) is 11.1 Å². The molecular weight excluding hydrogens is 805 g/mol. The molecule has 64 heavy (non-hydrogen) atoms. The Morgan fingerprint density at radius 3 is 1.05 bits per heavy atom. The first-order valence-electron chi connectivity index (χ1n) is 22.5. The predicted molar refractivity (Wildman–Crippen MR) is 287 cm³/mol. The lowest BCUT2D eigenvalue weighted by Crippen LogP contribution is -2.37. The van der Waals surface area contributed by atoms with Crippen LogP contribution in [0.25, 0.3) is 55.2 Å². The predicted octanol–water partition coefficient (Wildman–Crippen LogP) is 16.5. The van der Waals surface area contributed by atoms with Gasteiger partial charge in [0, 0.05) is 33.5 Å². The highest BCUT2D eigenvalue weighted by atomic mass is 28.3. The van der Waals surface area contributed by atoms with Crippen molar-refractivity contribution in [1.29, 1.82) is 0 Å². The Morgan fingerprint density at radius 2 is 0.641 bits per heavy atom. The fraction of sp³-hybridized carbons (Fsp3) is 0.100. The van der Waals surface area contributed by atoms with Crippen LogP contribution in [0.15, 0.2) is 206 Å². The van der Waals surface area contributed by atoms with E-state index in [1.54, 1.807) is 0 Å². The zero-order valence-corrected chi connectivity index (χ0v) is 39.7. The number of hydrogen-bond donors (Lipinski definition) is 0. The van der Waals surface area contributed by atoms with Gasteiger partial charge in [-0.15, -0.1) is 0 Å². The maximum atomic E-state index is 2.42. The average molecular weight is 859 g/mol. The monoisotopic (exact) mass is 858 g/mol.